The van der Waals surface area contributed by atoms with Gasteiger partial charge in [-0.1, -0.05) is 6.07 Å². The summed E-state index contributed by atoms with van der Waals surface area (Å²) in [6, 6.07) is 5.16. The van der Waals surface area contributed by atoms with Crippen molar-refractivity contribution in [3.05, 3.63) is 62.7 Å². The number of imide groups is 1. The van der Waals surface area contributed by atoms with Gasteiger partial charge in [0.2, 0.25) is 15.9 Å². The summed E-state index contributed by atoms with van der Waals surface area (Å²) in [4.78, 5) is 49.7. The van der Waals surface area contributed by atoms with Crippen LogP contribution in [0.3, 0.4) is 0 Å². The van der Waals surface area contributed by atoms with Crippen LogP contribution in [0, 0.1) is 24.0 Å². The Morgan fingerprint density at radius 1 is 1.15 bits per heavy atom. The second-order valence-corrected chi connectivity index (χ2v) is 9.95. The van der Waals surface area contributed by atoms with Gasteiger partial charge in [0.25, 0.3) is 17.5 Å². The number of sulfonamides is 1. The van der Waals surface area contributed by atoms with E-state index in [1.54, 1.807) is 13.8 Å². The average Bonchev–Trinajstić information content (AvgIpc) is 3.00. The predicted octanol–water partition coefficient (Wildman–Crippen LogP) is 2.09. The molecule has 0 saturated heterocycles. The molecule has 1 aliphatic heterocycles. The van der Waals surface area contributed by atoms with Crippen molar-refractivity contribution in [1.29, 1.82) is 0 Å². The summed E-state index contributed by atoms with van der Waals surface area (Å²) in [5.74, 6) is -2.52. The van der Waals surface area contributed by atoms with Gasteiger partial charge >= 0.3 is 0 Å². The molecule has 1 atom stereocenters. The Hall–Kier alpha value is -3.64. The molecule has 1 aliphatic rings. The standard InChI is InChI=1S/C21H22N4O7S/c1-11-9-14(33(31,32)23(4)5)10-16(12(11)2)22-19(26)13(3)24-20(27)15-7-6-8-17(25(29)30)18(15)21(24)28/h6-10,13H,1-5H3,(H,22,26). The first-order chi connectivity index (χ1) is 15.3. The highest BCUT2D eigenvalue weighted by molar-refractivity contribution is 7.89. The Bertz CT molecular complexity index is 1320. The van der Waals surface area contributed by atoms with E-state index in [1.165, 1.54) is 45.3 Å². The molecule has 0 bridgehead atoms. The molecule has 1 unspecified atom stereocenters. The molecule has 33 heavy (non-hydrogen) atoms. The highest BCUT2D eigenvalue weighted by atomic mass is 32.2. The molecule has 3 amide bonds. The average molecular weight is 474 g/mol. The zero-order chi connectivity index (χ0) is 24.8. The van der Waals surface area contributed by atoms with Crippen molar-refractivity contribution in [3.8, 4) is 0 Å². The Balaban J connectivity index is 1.94. The first kappa shape index (κ1) is 24.0. The summed E-state index contributed by atoms with van der Waals surface area (Å²) in [5.41, 5.74) is 0.380. The number of benzene rings is 2. The number of aryl methyl sites for hydroxylation is 1. The van der Waals surface area contributed by atoms with E-state index < -0.39 is 44.4 Å². The third-order valence-corrected chi connectivity index (χ3v) is 7.36. The van der Waals surface area contributed by atoms with Crippen molar-refractivity contribution in [2.75, 3.05) is 19.4 Å². The van der Waals surface area contributed by atoms with Gasteiger partial charge in [-0.2, -0.15) is 0 Å². The van der Waals surface area contributed by atoms with Crippen molar-refractivity contribution in [2.24, 2.45) is 0 Å². The number of nitrogens with one attached hydrogen (secondary N) is 1. The summed E-state index contributed by atoms with van der Waals surface area (Å²) in [7, 11) is -1.02. The molecular formula is C21H22N4O7S. The summed E-state index contributed by atoms with van der Waals surface area (Å²) in [5, 5.41) is 13.9. The topological polar surface area (TPSA) is 147 Å². The Kier molecular flexibility index (Phi) is 6.09. The maximum atomic E-state index is 13.0. The maximum absolute atomic E-state index is 13.0. The molecule has 1 heterocycles. The lowest BCUT2D eigenvalue weighted by Crippen LogP contribution is -2.45. The summed E-state index contributed by atoms with van der Waals surface area (Å²) < 4.78 is 26.1. The highest BCUT2D eigenvalue weighted by Crippen LogP contribution is 2.32. The molecule has 0 aromatic heterocycles. The fourth-order valence-electron chi connectivity index (χ4n) is 3.46. The monoisotopic (exact) mass is 474 g/mol. The predicted molar refractivity (Wildman–Crippen MR) is 118 cm³/mol. The maximum Gasteiger partial charge on any atom is 0.282 e. The van der Waals surface area contributed by atoms with Gasteiger partial charge in [0.15, 0.2) is 0 Å². The number of nitro groups is 1. The van der Waals surface area contributed by atoms with Crippen LogP contribution in [-0.4, -0.2) is 60.4 Å². The molecule has 2 aromatic rings. The van der Waals surface area contributed by atoms with Crippen LogP contribution in [0.15, 0.2) is 35.2 Å². The van der Waals surface area contributed by atoms with Crippen LogP contribution < -0.4 is 5.32 Å². The van der Waals surface area contributed by atoms with Gasteiger partial charge in [0.05, 0.1) is 15.4 Å². The smallest absolute Gasteiger partial charge is 0.282 e. The molecule has 0 radical (unpaired) electrons. The molecule has 0 saturated carbocycles. The molecule has 3 rings (SSSR count). The normalized spacial score (nSPS) is 14.4. The summed E-state index contributed by atoms with van der Waals surface area (Å²) in [6.07, 6.45) is 0. The molecular weight excluding hydrogens is 452 g/mol. The molecule has 11 nitrogen and oxygen atoms in total. The van der Waals surface area contributed by atoms with E-state index in [4.69, 9.17) is 0 Å². The number of fused-ring (bicyclic) bond motifs is 1. The van der Waals surface area contributed by atoms with Crippen LogP contribution in [0.25, 0.3) is 0 Å². The van der Waals surface area contributed by atoms with Crippen LogP contribution in [0.4, 0.5) is 11.4 Å². The number of nitrogens with zero attached hydrogens (tertiary/aromatic N) is 3. The third-order valence-electron chi connectivity index (χ3n) is 5.57. The Morgan fingerprint density at radius 3 is 2.36 bits per heavy atom. The SMILES string of the molecule is Cc1cc(S(=O)(=O)N(C)C)cc(NC(=O)C(C)N2C(=O)c3cccc([N+](=O)[O-])c3C2=O)c1C. The van der Waals surface area contributed by atoms with Crippen molar-refractivity contribution in [2.45, 2.75) is 31.7 Å². The molecule has 0 fully saturated rings. The highest BCUT2D eigenvalue weighted by Gasteiger charge is 2.45. The van der Waals surface area contributed by atoms with Crippen LogP contribution in [-0.2, 0) is 14.8 Å². The van der Waals surface area contributed by atoms with Gasteiger partial charge < -0.3 is 5.32 Å². The van der Waals surface area contributed by atoms with Gasteiger partial charge in [0, 0.05) is 25.8 Å². The van der Waals surface area contributed by atoms with Crippen LogP contribution in [0.5, 0.6) is 0 Å². The third kappa shape index (κ3) is 3.98. The number of rotatable bonds is 6. The zero-order valence-electron chi connectivity index (χ0n) is 18.6. The number of amides is 3. The van der Waals surface area contributed by atoms with Crippen molar-refractivity contribution >= 4 is 39.1 Å². The molecule has 12 heteroatoms. The lowest BCUT2D eigenvalue weighted by Gasteiger charge is -2.23. The second kappa shape index (κ2) is 8.37. The fourth-order valence-corrected chi connectivity index (χ4v) is 4.47. The second-order valence-electron chi connectivity index (χ2n) is 7.80. The van der Waals surface area contributed by atoms with Crippen LogP contribution >= 0.6 is 0 Å². The fraction of sp³-hybridized carbons (Fsp3) is 0.286. The molecule has 174 valence electrons. The number of carbonyl (C=O) groups excluding carboxylic acids is 3. The summed E-state index contributed by atoms with van der Waals surface area (Å²) in [6.45, 7) is 4.69. The van der Waals surface area contributed by atoms with E-state index in [0.717, 1.165) is 10.4 Å². The van der Waals surface area contributed by atoms with E-state index in [-0.39, 0.29) is 21.7 Å². The minimum atomic E-state index is -3.78. The first-order valence-electron chi connectivity index (χ1n) is 9.79. The van der Waals surface area contributed by atoms with Crippen LogP contribution in [0.2, 0.25) is 0 Å². The lowest BCUT2D eigenvalue weighted by molar-refractivity contribution is -0.385. The number of nitro benzene ring substituents is 1. The van der Waals surface area contributed by atoms with E-state index in [9.17, 15) is 32.9 Å². The largest absolute Gasteiger partial charge is 0.324 e. The molecule has 0 spiro atoms. The van der Waals surface area contributed by atoms with E-state index >= 15 is 0 Å². The zero-order valence-corrected chi connectivity index (χ0v) is 19.4. The van der Waals surface area contributed by atoms with Gasteiger partial charge in [-0.15, -0.1) is 0 Å². The number of anilines is 1. The van der Waals surface area contributed by atoms with Gasteiger partial charge in [-0.25, -0.2) is 12.7 Å². The van der Waals surface area contributed by atoms with Crippen LogP contribution in [0.1, 0.15) is 38.8 Å². The van der Waals surface area contributed by atoms with Crippen molar-refractivity contribution in [3.63, 3.8) is 0 Å². The Morgan fingerprint density at radius 2 is 1.79 bits per heavy atom. The molecule has 1 N–H and O–H groups in total. The van der Waals surface area contributed by atoms with E-state index in [2.05, 4.69) is 5.32 Å². The Labute approximate surface area is 190 Å². The van der Waals surface area contributed by atoms with Gasteiger partial charge in [-0.05, 0) is 50.1 Å². The number of hydrogen-bond donors (Lipinski definition) is 1. The molecule has 2 aromatic carbocycles. The minimum absolute atomic E-state index is 0.0325. The van der Waals surface area contributed by atoms with Gasteiger partial charge in [0.1, 0.15) is 11.6 Å². The van der Waals surface area contributed by atoms with Crippen molar-refractivity contribution in [1.82, 2.24) is 9.21 Å². The first-order valence-corrected chi connectivity index (χ1v) is 11.2. The van der Waals surface area contributed by atoms with E-state index in [1.807, 2.05) is 0 Å². The number of hydrogen-bond acceptors (Lipinski definition) is 7. The van der Waals surface area contributed by atoms with Gasteiger partial charge in [-0.3, -0.25) is 29.4 Å². The summed E-state index contributed by atoms with van der Waals surface area (Å²) >= 11 is 0. The van der Waals surface area contributed by atoms with Crippen molar-refractivity contribution < 1.29 is 27.7 Å². The minimum Gasteiger partial charge on any atom is -0.324 e. The number of carbonyl (C=O) groups is 3. The lowest BCUT2D eigenvalue weighted by atomic mass is 10.1. The molecule has 0 aliphatic carbocycles. The van der Waals surface area contributed by atoms with E-state index in [0.29, 0.717) is 16.0 Å². The quantitative estimate of drug-likeness (QED) is 0.383.